The molecule has 1 aromatic rings. The molecular formula is C21H39N. The van der Waals surface area contributed by atoms with Gasteiger partial charge in [0.2, 0.25) is 0 Å². The third-order valence-corrected chi connectivity index (χ3v) is 4.52. The van der Waals surface area contributed by atoms with Gasteiger partial charge in [-0.3, -0.25) is 4.98 Å². The first-order chi connectivity index (χ1) is 10.4. The topological polar surface area (TPSA) is 12.9 Å². The molecule has 0 aliphatic rings. The van der Waals surface area contributed by atoms with Crippen LogP contribution in [0, 0.1) is 18.8 Å². The Kier molecular flexibility index (Phi) is 11.2. The maximum atomic E-state index is 4.37. The summed E-state index contributed by atoms with van der Waals surface area (Å²) in [4.78, 5) is 4.37. The molecule has 0 aliphatic carbocycles. The van der Waals surface area contributed by atoms with Crippen LogP contribution < -0.4 is 0 Å². The van der Waals surface area contributed by atoms with Gasteiger partial charge in [0.25, 0.3) is 0 Å². The van der Waals surface area contributed by atoms with Crippen LogP contribution >= 0.6 is 0 Å². The quantitative estimate of drug-likeness (QED) is 0.532. The van der Waals surface area contributed by atoms with E-state index in [0.29, 0.717) is 5.92 Å². The van der Waals surface area contributed by atoms with Crippen LogP contribution in [0.2, 0.25) is 0 Å². The predicted octanol–water partition coefficient (Wildman–Crippen LogP) is 6.93. The van der Waals surface area contributed by atoms with E-state index in [1.165, 1.54) is 42.5 Å². The first-order valence-electron chi connectivity index (χ1n) is 9.32. The highest BCUT2D eigenvalue weighted by molar-refractivity contribution is 5.26. The van der Waals surface area contributed by atoms with Crippen molar-refractivity contribution < 1.29 is 0 Å². The molecule has 0 spiro atoms. The highest BCUT2D eigenvalue weighted by atomic mass is 14.7. The Morgan fingerprint density at radius 1 is 0.955 bits per heavy atom. The Labute approximate surface area is 139 Å². The third kappa shape index (κ3) is 7.96. The fourth-order valence-corrected chi connectivity index (χ4v) is 2.82. The number of hydrogen-bond donors (Lipinski definition) is 0. The van der Waals surface area contributed by atoms with Crippen molar-refractivity contribution in [3.63, 3.8) is 0 Å². The number of hydrogen-bond acceptors (Lipinski definition) is 1. The van der Waals surface area contributed by atoms with Gasteiger partial charge in [0.1, 0.15) is 0 Å². The van der Waals surface area contributed by atoms with Crippen LogP contribution in [0.15, 0.2) is 12.3 Å². The predicted molar refractivity (Wildman–Crippen MR) is 101 cm³/mol. The van der Waals surface area contributed by atoms with Gasteiger partial charge in [-0.25, -0.2) is 0 Å². The molecule has 0 atom stereocenters. The summed E-state index contributed by atoms with van der Waals surface area (Å²) < 4.78 is 0. The van der Waals surface area contributed by atoms with Crippen molar-refractivity contribution in [2.45, 2.75) is 93.4 Å². The van der Waals surface area contributed by atoms with E-state index in [1.54, 1.807) is 0 Å². The van der Waals surface area contributed by atoms with Gasteiger partial charge >= 0.3 is 0 Å². The molecule has 22 heavy (non-hydrogen) atoms. The highest BCUT2D eigenvalue weighted by Crippen LogP contribution is 2.21. The van der Waals surface area contributed by atoms with Gasteiger partial charge in [0, 0.05) is 11.9 Å². The van der Waals surface area contributed by atoms with Crippen LogP contribution in [-0.4, -0.2) is 4.98 Å². The van der Waals surface area contributed by atoms with E-state index >= 15 is 0 Å². The number of aryl methyl sites for hydroxylation is 2. The molecule has 0 saturated carbocycles. The zero-order valence-electron chi connectivity index (χ0n) is 16.4. The summed E-state index contributed by atoms with van der Waals surface area (Å²) in [6.45, 7) is 17.9. The highest BCUT2D eigenvalue weighted by Gasteiger charge is 2.09. The van der Waals surface area contributed by atoms with Gasteiger partial charge in [-0.15, -0.1) is 0 Å². The average Bonchev–Trinajstić information content (AvgIpc) is 2.47. The van der Waals surface area contributed by atoms with Gasteiger partial charge in [-0.2, -0.15) is 0 Å². The van der Waals surface area contributed by atoms with Crippen LogP contribution in [0.4, 0.5) is 0 Å². The third-order valence-electron chi connectivity index (χ3n) is 4.52. The molecule has 0 bridgehead atoms. The molecule has 1 heterocycles. The second-order valence-electron chi connectivity index (χ2n) is 7.10. The van der Waals surface area contributed by atoms with E-state index in [1.807, 2.05) is 6.20 Å². The molecule has 0 radical (unpaired) electrons. The number of nitrogens with zero attached hydrogens (tertiary/aromatic N) is 1. The molecule has 0 amide bonds. The summed E-state index contributed by atoms with van der Waals surface area (Å²) in [5.41, 5.74) is 3.89. The van der Waals surface area contributed by atoms with Crippen molar-refractivity contribution in [3.8, 4) is 0 Å². The van der Waals surface area contributed by atoms with Gasteiger partial charge < -0.3 is 0 Å². The van der Waals surface area contributed by atoms with Crippen LogP contribution in [0.3, 0.4) is 0 Å². The average molecular weight is 306 g/mol. The molecular weight excluding hydrogens is 266 g/mol. The number of aromatic nitrogens is 1. The molecule has 0 N–H and O–H groups in total. The Morgan fingerprint density at radius 3 is 1.86 bits per heavy atom. The molecule has 0 saturated heterocycles. The van der Waals surface area contributed by atoms with E-state index in [2.05, 4.69) is 66.4 Å². The maximum absolute atomic E-state index is 4.37. The van der Waals surface area contributed by atoms with E-state index in [0.717, 1.165) is 18.3 Å². The van der Waals surface area contributed by atoms with E-state index in [9.17, 15) is 0 Å². The standard InChI is InChI=1S/C11H17N.C10H22/c1-5-10-6-11(8(2)3)7-12-9(10)4;1-5-7-10(8-6-2)9(3)4/h6-8H,5H2,1-4H3;9-10H,5-8H2,1-4H3. The van der Waals surface area contributed by atoms with Crippen molar-refractivity contribution in [2.75, 3.05) is 0 Å². The first kappa shape index (κ1) is 21.1. The number of pyridine rings is 1. The monoisotopic (exact) mass is 305 g/mol. The van der Waals surface area contributed by atoms with Gasteiger partial charge in [0.05, 0.1) is 0 Å². The van der Waals surface area contributed by atoms with E-state index in [-0.39, 0.29) is 0 Å². The Morgan fingerprint density at radius 2 is 1.50 bits per heavy atom. The minimum absolute atomic E-state index is 0.586. The summed E-state index contributed by atoms with van der Waals surface area (Å²) >= 11 is 0. The summed E-state index contributed by atoms with van der Waals surface area (Å²) in [6.07, 6.45) is 8.61. The summed E-state index contributed by atoms with van der Waals surface area (Å²) in [5.74, 6) is 2.46. The van der Waals surface area contributed by atoms with E-state index in [4.69, 9.17) is 0 Å². The number of rotatable bonds is 7. The van der Waals surface area contributed by atoms with Gasteiger partial charge in [-0.05, 0) is 42.2 Å². The van der Waals surface area contributed by atoms with Crippen molar-refractivity contribution in [3.05, 3.63) is 29.1 Å². The summed E-state index contributed by atoms with van der Waals surface area (Å²) in [5, 5.41) is 0. The molecule has 1 heteroatoms. The second kappa shape index (κ2) is 11.7. The SMILES string of the molecule is CCCC(CCC)C(C)C.CCc1cc(C(C)C)cnc1C. The van der Waals surface area contributed by atoms with Crippen LogP contribution in [0.25, 0.3) is 0 Å². The zero-order valence-corrected chi connectivity index (χ0v) is 16.4. The molecule has 0 aromatic carbocycles. The molecule has 0 aliphatic heterocycles. The lowest BCUT2D eigenvalue weighted by molar-refractivity contribution is 0.331. The van der Waals surface area contributed by atoms with E-state index < -0.39 is 0 Å². The van der Waals surface area contributed by atoms with Crippen LogP contribution in [0.1, 0.15) is 96.9 Å². The maximum Gasteiger partial charge on any atom is 0.0404 e. The van der Waals surface area contributed by atoms with Crippen LogP contribution in [-0.2, 0) is 6.42 Å². The van der Waals surface area contributed by atoms with Gasteiger partial charge in [0.15, 0.2) is 0 Å². The minimum Gasteiger partial charge on any atom is -0.261 e. The Hall–Kier alpha value is -0.850. The minimum atomic E-state index is 0.586. The van der Waals surface area contributed by atoms with Crippen molar-refractivity contribution in [1.82, 2.24) is 4.98 Å². The fourth-order valence-electron chi connectivity index (χ4n) is 2.82. The van der Waals surface area contributed by atoms with Crippen molar-refractivity contribution >= 4 is 0 Å². The lowest BCUT2D eigenvalue weighted by Crippen LogP contribution is -2.07. The molecule has 0 fully saturated rings. The van der Waals surface area contributed by atoms with Gasteiger partial charge in [-0.1, -0.05) is 80.2 Å². The zero-order chi connectivity index (χ0) is 17.1. The molecule has 1 nitrogen and oxygen atoms in total. The molecule has 1 rings (SSSR count). The Bertz CT molecular complexity index is 387. The Balaban J connectivity index is 0.000000409. The summed E-state index contributed by atoms with van der Waals surface area (Å²) in [7, 11) is 0. The van der Waals surface area contributed by atoms with Crippen molar-refractivity contribution in [2.24, 2.45) is 11.8 Å². The lowest BCUT2D eigenvalue weighted by atomic mass is 9.88. The molecule has 1 aromatic heterocycles. The summed E-state index contributed by atoms with van der Waals surface area (Å²) in [6, 6.07) is 2.27. The molecule has 0 unspecified atom stereocenters. The lowest BCUT2D eigenvalue weighted by Gasteiger charge is -2.18. The molecule has 128 valence electrons. The fraction of sp³-hybridized carbons (Fsp3) is 0.762. The smallest absolute Gasteiger partial charge is 0.0404 e. The normalized spacial score (nSPS) is 11.0. The van der Waals surface area contributed by atoms with Crippen LogP contribution in [0.5, 0.6) is 0 Å². The van der Waals surface area contributed by atoms with Crippen molar-refractivity contribution in [1.29, 1.82) is 0 Å². The second-order valence-corrected chi connectivity index (χ2v) is 7.10. The largest absolute Gasteiger partial charge is 0.261 e. The first-order valence-corrected chi connectivity index (χ1v) is 9.32.